The molecule has 1 saturated heterocycles. The van der Waals surface area contributed by atoms with Crippen LogP contribution in [0.25, 0.3) is 6.08 Å². The van der Waals surface area contributed by atoms with Crippen LogP contribution >= 0.6 is 0 Å². The molecule has 3 rings (SSSR count). The first-order valence-corrected chi connectivity index (χ1v) is 9.50. The number of rotatable bonds is 8. The van der Waals surface area contributed by atoms with Crippen molar-refractivity contribution in [2.24, 2.45) is 0 Å². The van der Waals surface area contributed by atoms with Crippen LogP contribution in [0.1, 0.15) is 30.4 Å². The largest absolute Gasteiger partial charge is 0.497 e. The second-order valence-electron chi connectivity index (χ2n) is 6.88. The van der Waals surface area contributed by atoms with E-state index in [4.69, 9.17) is 14.2 Å². The summed E-state index contributed by atoms with van der Waals surface area (Å²) in [5.41, 5.74) is 2.25. The van der Waals surface area contributed by atoms with Crippen LogP contribution in [0.3, 0.4) is 0 Å². The van der Waals surface area contributed by atoms with Crippen molar-refractivity contribution < 1.29 is 19.3 Å². The Labute approximate surface area is 161 Å². The second-order valence-corrected chi connectivity index (χ2v) is 6.88. The summed E-state index contributed by atoms with van der Waals surface area (Å²) in [5, 5.41) is 10.2. The van der Waals surface area contributed by atoms with Gasteiger partial charge in [-0.2, -0.15) is 0 Å². The lowest BCUT2D eigenvalue weighted by Crippen LogP contribution is -2.35. The van der Waals surface area contributed by atoms with Crippen molar-refractivity contribution in [1.29, 1.82) is 0 Å². The van der Waals surface area contributed by atoms with E-state index in [1.807, 2.05) is 48.5 Å². The molecule has 0 aromatic heterocycles. The number of benzene rings is 2. The molecule has 0 amide bonds. The van der Waals surface area contributed by atoms with Crippen LogP contribution in [0.2, 0.25) is 0 Å². The molecule has 144 valence electrons. The van der Waals surface area contributed by atoms with E-state index in [1.54, 1.807) is 7.11 Å². The van der Waals surface area contributed by atoms with Crippen LogP contribution in [-0.2, 0) is 16.1 Å². The number of ether oxygens (including phenoxy) is 3. The normalized spacial score (nSPS) is 22.8. The molecule has 1 heterocycles. The SMILES string of the molecule is COc1ccc(COCC[C@@H]2C[C@@H](O)C[C@@H](/C=C/c3ccccc3)O2)cc1. The summed E-state index contributed by atoms with van der Waals surface area (Å²) in [6, 6.07) is 18.0. The molecule has 4 nitrogen and oxygen atoms in total. The third-order valence-electron chi connectivity index (χ3n) is 4.72. The molecule has 0 saturated carbocycles. The van der Waals surface area contributed by atoms with E-state index >= 15 is 0 Å². The molecule has 2 aromatic rings. The molecular weight excluding hydrogens is 340 g/mol. The number of hydrogen-bond donors (Lipinski definition) is 1. The molecule has 0 spiro atoms. The zero-order chi connectivity index (χ0) is 18.9. The fraction of sp³-hybridized carbons (Fsp3) is 0.391. The summed E-state index contributed by atoms with van der Waals surface area (Å²) in [7, 11) is 1.66. The Bertz CT molecular complexity index is 696. The summed E-state index contributed by atoms with van der Waals surface area (Å²) >= 11 is 0. The molecule has 0 radical (unpaired) electrons. The van der Waals surface area contributed by atoms with Gasteiger partial charge in [-0.05, 0) is 36.1 Å². The molecule has 3 atom stereocenters. The molecule has 27 heavy (non-hydrogen) atoms. The van der Waals surface area contributed by atoms with Crippen LogP contribution in [0.4, 0.5) is 0 Å². The fourth-order valence-corrected chi connectivity index (χ4v) is 3.25. The Morgan fingerprint density at radius 3 is 2.59 bits per heavy atom. The maximum Gasteiger partial charge on any atom is 0.118 e. The molecule has 1 aliphatic rings. The maximum absolute atomic E-state index is 10.2. The van der Waals surface area contributed by atoms with E-state index in [1.165, 1.54) is 0 Å². The van der Waals surface area contributed by atoms with Crippen molar-refractivity contribution >= 4 is 6.08 Å². The van der Waals surface area contributed by atoms with Gasteiger partial charge in [0.2, 0.25) is 0 Å². The topological polar surface area (TPSA) is 47.9 Å². The van der Waals surface area contributed by atoms with Gasteiger partial charge < -0.3 is 19.3 Å². The highest BCUT2D eigenvalue weighted by Gasteiger charge is 2.26. The highest BCUT2D eigenvalue weighted by atomic mass is 16.5. The van der Waals surface area contributed by atoms with Crippen LogP contribution in [0.5, 0.6) is 5.75 Å². The van der Waals surface area contributed by atoms with Crippen molar-refractivity contribution in [3.8, 4) is 5.75 Å². The Hall–Kier alpha value is -2.14. The average molecular weight is 368 g/mol. The first kappa shape index (κ1) is 19.6. The van der Waals surface area contributed by atoms with Crippen LogP contribution in [0.15, 0.2) is 60.7 Å². The average Bonchev–Trinajstić information content (AvgIpc) is 2.70. The van der Waals surface area contributed by atoms with Gasteiger partial charge in [0, 0.05) is 13.0 Å². The van der Waals surface area contributed by atoms with Crippen molar-refractivity contribution in [2.75, 3.05) is 13.7 Å². The lowest BCUT2D eigenvalue weighted by molar-refractivity contribution is -0.0860. The lowest BCUT2D eigenvalue weighted by atomic mass is 9.98. The van der Waals surface area contributed by atoms with E-state index in [9.17, 15) is 5.11 Å². The van der Waals surface area contributed by atoms with Gasteiger partial charge in [-0.15, -0.1) is 0 Å². The minimum absolute atomic E-state index is 0.0232. The number of methoxy groups -OCH3 is 1. The van der Waals surface area contributed by atoms with Crippen molar-refractivity contribution in [1.82, 2.24) is 0 Å². The lowest BCUT2D eigenvalue weighted by Gasteiger charge is -2.31. The van der Waals surface area contributed by atoms with Crippen molar-refractivity contribution in [3.63, 3.8) is 0 Å². The minimum Gasteiger partial charge on any atom is -0.497 e. The first-order chi connectivity index (χ1) is 13.2. The molecule has 1 N–H and O–H groups in total. The van der Waals surface area contributed by atoms with Gasteiger partial charge in [0.15, 0.2) is 0 Å². The number of aliphatic hydroxyl groups excluding tert-OH is 1. The molecular formula is C23H28O4. The number of hydrogen-bond acceptors (Lipinski definition) is 4. The number of aliphatic hydroxyl groups is 1. The molecule has 0 unspecified atom stereocenters. The summed E-state index contributed by atoms with van der Waals surface area (Å²) in [5.74, 6) is 0.845. The fourth-order valence-electron chi connectivity index (χ4n) is 3.25. The highest BCUT2D eigenvalue weighted by molar-refractivity contribution is 5.49. The van der Waals surface area contributed by atoms with Gasteiger partial charge in [0.25, 0.3) is 0 Å². The smallest absolute Gasteiger partial charge is 0.118 e. The third kappa shape index (κ3) is 6.51. The Morgan fingerprint density at radius 2 is 1.85 bits per heavy atom. The zero-order valence-electron chi connectivity index (χ0n) is 15.8. The van der Waals surface area contributed by atoms with Crippen LogP contribution < -0.4 is 4.74 Å². The van der Waals surface area contributed by atoms with E-state index in [0.717, 1.165) is 23.3 Å². The predicted octanol–water partition coefficient (Wildman–Crippen LogP) is 4.22. The Kier molecular flexibility index (Phi) is 7.45. The van der Waals surface area contributed by atoms with E-state index in [-0.39, 0.29) is 18.3 Å². The van der Waals surface area contributed by atoms with Gasteiger partial charge in [-0.25, -0.2) is 0 Å². The monoisotopic (exact) mass is 368 g/mol. The van der Waals surface area contributed by atoms with Gasteiger partial charge in [-0.1, -0.05) is 54.6 Å². The molecule has 2 aromatic carbocycles. The van der Waals surface area contributed by atoms with E-state index in [0.29, 0.717) is 26.1 Å². The molecule has 4 heteroatoms. The molecule has 0 bridgehead atoms. The quantitative estimate of drug-likeness (QED) is 0.709. The van der Waals surface area contributed by atoms with Gasteiger partial charge >= 0.3 is 0 Å². The van der Waals surface area contributed by atoms with E-state index in [2.05, 4.69) is 18.2 Å². The van der Waals surface area contributed by atoms with Gasteiger partial charge in [-0.3, -0.25) is 0 Å². The highest BCUT2D eigenvalue weighted by Crippen LogP contribution is 2.23. The Morgan fingerprint density at radius 1 is 1.07 bits per heavy atom. The standard InChI is InChI=1S/C23H28O4/c1-25-21-10-8-19(9-11-21)17-26-14-13-23-16-20(24)15-22(27-23)12-7-18-5-3-2-4-6-18/h2-12,20,22-24H,13-17H2,1H3/b12-7+/t20-,22+,23+/m0/s1. The van der Waals surface area contributed by atoms with Crippen LogP contribution in [0, 0.1) is 0 Å². The molecule has 1 fully saturated rings. The first-order valence-electron chi connectivity index (χ1n) is 9.50. The summed E-state index contributed by atoms with van der Waals surface area (Å²) in [6.45, 7) is 1.18. The zero-order valence-corrected chi connectivity index (χ0v) is 15.8. The maximum atomic E-state index is 10.2. The predicted molar refractivity (Wildman–Crippen MR) is 107 cm³/mol. The third-order valence-corrected chi connectivity index (χ3v) is 4.72. The van der Waals surface area contributed by atoms with Crippen molar-refractivity contribution in [3.05, 3.63) is 71.8 Å². The van der Waals surface area contributed by atoms with Gasteiger partial charge in [0.05, 0.1) is 32.0 Å². The van der Waals surface area contributed by atoms with Gasteiger partial charge in [0.1, 0.15) is 5.75 Å². The molecule has 1 aliphatic heterocycles. The Balaban J connectivity index is 1.42. The molecule has 0 aliphatic carbocycles. The summed E-state index contributed by atoms with van der Waals surface area (Å²) in [4.78, 5) is 0. The summed E-state index contributed by atoms with van der Waals surface area (Å²) < 4.78 is 17.0. The van der Waals surface area contributed by atoms with E-state index < -0.39 is 0 Å². The summed E-state index contributed by atoms with van der Waals surface area (Å²) in [6.07, 6.45) is 5.84. The van der Waals surface area contributed by atoms with Crippen LogP contribution in [-0.4, -0.2) is 37.1 Å². The van der Waals surface area contributed by atoms with Crippen molar-refractivity contribution in [2.45, 2.75) is 44.2 Å². The second kappa shape index (κ2) is 10.3. The minimum atomic E-state index is -0.323.